The van der Waals surface area contributed by atoms with Crippen molar-refractivity contribution in [2.45, 2.75) is 15.9 Å². The molecule has 2 aromatic carbocycles. The first-order valence-corrected chi connectivity index (χ1v) is 13.4. The van der Waals surface area contributed by atoms with Gasteiger partial charge in [0.25, 0.3) is 5.91 Å². The van der Waals surface area contributed by atoms with Crippen molar-refractivity contribution in [1.29, 1.82) is 0 Å². The predicted molar refractivity (Wildman–Crippen MR) is 128 cm³/mol. The topological polar surface area (TPSA) is 262 Å². The van der Waals surface area contributed by atoms with Crippen LogP contribution in [-0.4, -0.2) is 80.8 Å². The summed E-state index contributed by atoms with van der Waals surface area (Å²) in [7, 11) is -9.03. The number of primary sulfonamides is 1. The molecule has 0 aliphatic heterocycles. The zero-order valence-electron chi connectivity index (χ0n) is 18.7. The lowest BCUT2D eigenvalue weighted by Gasteiger charge is -2.17. The molecule has 0 saturated heterocycles. The van der Waals surface area contributed by atoms with E-state index in [2.05, 4.69) is 30.7 Å². The average molecular weight is 540 g/mol. The Hall–Kier alpha value is -3.32. The summed E-state index contributed by atoms with van der Waals surface area (Å²) < 4.78 is 53.4. The summed E-state index contributed by atoms with van der Waals surface area (Å²) in [6.45, 7) is -0.301. The van der Waals surface area contributed by atoms with E-state index < -0.39 is 41.8 Å². The van der Waals surface area contributed by atoms with Crippen molar-refractivity contribution in [3.63, 3.8) is 0 Å². The van der Waals surface area contributed by atoms with E-state index in [4.69, 9.17) is 16.6 Å². The molecule has 194 valence electrons. The van der Waals surface area contributed by atoms with Crippen LogP contribution >= 0.6 is 0 Å². The van der Waals surface area contributed by atoms with Crippen molar-refractivity contribution < 1.29 is 26.7 Å². The summed E-state index contributed by atoms with van der Waals surface area (Å²) in [4.78, 5) is 11.2. The van der Waals surface area contributed by atoms with E-state index in [1.54, 1.807) is 6.07 Å². The van der Waals surface area contributed by atoms with Gasteiger partial charge in [0.05, 0.1) is 11.7 Å². The highest BCUT2D eigenvalue weighted by atomic mass is 32.2. The van der Waals surface area contributed by atoms with Crippen molar-refractivity contribution in [2.24, 2.45) is 16.6 Å². The Morgan fingerprint density at radius 3 is 2.50 bits per heavy atom. The molecule has 0 bridgehead atoms. The number of nitrogens with one attached hydrogen (secondary N) is 3. The third-order valence-corrected chi connectivity index (χ3v) is 7.53. The van der Waals surface area contributed by atoms with Crippen LogP contribution in [0, 0.1) is 0 Å². The maximum absolute atomic E-state index is 12.9. The van der Waals surface area contributed by atoms with Crippen molar-refractivity contribution in [2.75, 3.05) is 26.2 Å². The molecule has 1 amide bonds. The Morgan fingerprint density at radius 1 is 1.14 bits per heavy atom. The van der Waals surface area contributed by atoms with Crippen LogP contribution in [0.2, 0.25) is 0 Å². The predicted octanol–water partition coefficient (Wildman–Crippen LogP) is -2.53. The minimum Gasteiger partial charge on any atom is -0.390 e. The van der Waals surface area contributed by atoms with Gasteiger partial charge in [-0.15, -0.1) is 10.2 Å². The fourth-order valence-corrected chi connectivity index (χ4v) is 5.93. The lowest BCUT2D eigenvalue weighted by molar-refractivity contribution is 0.0920. The second-order valence-corrected chi connectivity index (χ2v) is 10.7. The smallest absolute Gasteiger partial charge is 0.251 e. The van der Waals surface area contributed by atoms with Gasteiger partial charge in [0.1, 0.15) is 9.79 Å². The first-order valence-electron chi connectivity index (χ1n) is 10.4. The number of H-pyrrole nitrogens is 1. The molecule has 3 rings (SSSR count). The first-order chi connectivity index (χ1) is 17.0. The molecule has 0 aliphatic carbocycles. The van der Waals surface area contributed by atoms with Crippen LogP contribution in [0.25, 0.3) is 22.5 Å². The number of nitrogens with two attached hydrogens (primary N) is 3. The molecule has 17 heteroatoms. The number of sulfonamides is 2. The van der Waals surface area contributed by atoms with E-state index in [0.717, 1.165) is 6.07 Å². The van der Waals surface area contributed by atoms with E-state index in [1.807, 2.05) is 0 Å². The van der Waals surface area contributed by atoms with Crippen LogP contribution in [-0.2, 0) is 20.0 Å². The Morgan fingerprint density at radius 2 is 1.89 bits per heavy atom. The van der Waals surface area contributed by atoms with Gasteiger partial charge in [-0.05, 0) is 34.5 Å². The van der Waals surface area contributed by atoms with Gasteiger partial charge in [-0.3, -0.25) is 4.79 Å². The third-order valence-electron chi connectivity index (χ3n) is 4.91. The second-order valence-electron chi connectivity index (χ2n) is 7.46. The molecule has 0 radical (unpaired) electrons. The highest BCUT2D eigenvalue weighted by molar-refractivity contribution is 7.92. The highest BCUT2D eigenvalue weighted by Gasteiger charge is 2.32. The molecular weight excluding hydrogens is 514 g/mol. The van der Waals surface area contributed by atoms with Gasteiger partial charge in [-0.2, -0.15) is 5.21 Å². The number of hydrogen-bond donors (Lipinski definition) is 7. The Bertz CT molecular complexity index is 1440. The molecular formula is C19H25N9O6S2. The van der Waals surface area contributed by atoms with Crippen molar-refractivity contribution in [1.82, 2.24) is 30.7 Å². The van der Waals surface area contributed by atoms with Crippen LogP contribution in [0.5, 0.6) is 0 Å². The molecule has 1 atom stereocenters. The molecule has 1 unspecified atom stereocenters. The fourth-order valence-electron chi connectivity index (χ4n) is 3.28. The van der Waals surface area contributed by atoms with Crippen LogP contribution < -0.4 is 26.6 Å². The van der Waals surface area contributed by atoms with Gasteiger partial charge in [-0.25, -0.2) is 26.7 Å². The number of carbonyl (C=O) groups is 1. The van der Waals surface area contributed by atoms with E-state index >= 15 is 0 Å². The SMILES string of the molecule is NCCNS(=O)(=O)c1ccc(-c2cccc(C(=O)NCC(O)CN)c2)c(-c2nn[nH]n2)c1S(N)(=O)=O. The number of rotatable bonds is 11. The summed E-state index contributed by atoms with van der Waals surface area (Å²) in [6.07, 6.45) is -0.929. The lowest BCUT2D eigenvalue weighted by atomic mass is 9.97. The average Bonchev–Trinajstić information content (AvgIpc) is 3.39. The van der Waals surface area contributed by atoms with Gasteiger partial charge >= 0.3 is 0 Å². The minimum absolute atomic E-state index is 0.0309. The zero-order chi connectivity index (χ0) is 26.5. The largest absolute Gasteiger partial charge is 0.390 e. The number of tetrazole rings is 1. The quantitative estimate of drug-likeness (QED) is 0.133. The molecule has 3 aromatic rings. The van der Waals surface area contributed by atoms with E-state index in [-0.39, 0.29) is 48.7 Å². The number of amides is 1. The highest BCUT2D eigenvalue weighted by Crippen LogP contribution is 2.38. The van der Waals surface area contributed by atoms with Gasteiger partial charge in [0, 0.05) is 31.7 Å². The van der Waals surface area contributed by atoms with Gasteiger partial charge in [0.2, 0.25) is 25.9 Å². The summed E-state index contributed by atoms with van der Waals surface area (Å²) in [6, 6.07) is 8.45. The van der Waals surface area contributed by atoms with Crippen molar-refractivity contribution >= 4 is 26.0 Å². The van der Waals surface area contributed by atoms with Crippen molar-refractivity contribution in [3.05, 3.63) is 42.0 Å². The van der Waals surface area contributed by atoms with Gasteiger partial charge in [-0.1, -0.05) is 18.2 Å². The van der Waals surface area contributed by atoms with Gasteiger partial charge < -0.3 is 21.9 Å². The molecule has 0 spiro atoms. The number of aromatic amines is 1. The van der Waals surface area contributed by atoms with Crippen LogP contribution in [0.15, 0.2) is 46.2 Å². The number of aromatic nitrogens is 4. The molecule has 15 nitrogen and oxygen atoms in total. The monoisotopic (exact) mass is 539 g/mol. The number of aliphatic hydroxyl groups excluding tert-OH is 1. The van der Waals surface area contributed by atoms with Crippen molar-refractivity contribution in [3.8, 4) is 22.5 Å². The summed E-state index contributed by atoms with van der Waals surface area (Å²) in [5.41, 5.74) is 11.1. The van der Waals surface area contributed by atoms with Crippen LogP contribution in [0.3, 0.4) is 0 Å². The Kier molecular flexibility index (Phi) is 8.46. The summed E-state index contributed by atoms with van der Waals surface area (Å²) in [5.74, 6) is -0.770. The summed E-state index contributed by atoms with van der Waals surface area (Å²) >= 11 is 0. The zero-order valence-corrected chi connectivity index (χ0v) is 20.4. The number of carbonyl (C=O) groups excluding carboxylic acids is 1. The maximum atomic E-state index is 12.9. The van der Waals surface area contributed by atoms with E-state index in [1.165, 1.54) is 24.3 Å². The normalized spacial score (nSPS) is 12.9. The third kappa shape index (κ3) is 6.08. The summed E-state index contributed by atoms with van der Waals surface area (Å²) in [5, 5.41) is 30.9. The molecule has 0 saturated carbocycles. The first kappa shape index (κ1) is 27.3. The fraction of sp³-hybridized carbons (Fsp3) is 0.263. The second kappa shape index (κ2) is 11.2. The molecule has 0 aliphatic rings. The Labute approximate surface area is 206 Å². The molecule has 1 heterocycles. The molecule has 1 aromatic heterocycles. The lowest BCUT2D eigenvalue weighted by Crippen LogP contribution is -2.36. The minimum atomic E-state index is -4.67. The van der Waals surface area contributed by atoms with E-state index in [0.29, 0.717) is 5.56 Å². The van der Waals surface area contributed by atoms with Crippen LogP contribution in [0.1, 0.15) is 10.4 Å². The Balaban J connectivity index is 2.24. The number of hydrogen-bond acceptors (Lipinski definition) is 11. The standard InChI is InChI=1S/C19H25N9O6S2/c20-6-7-24-36(33,34)15-5-4-14(16(17(15)35(22,31)32)18-25-27-28-26-18)11-2-1-3-12(8-11)19(30)23-10-13(29)9-21/h1-5,8,13,24,29H,6-7,9-10,20-21H2,(H,23,30)(H2,22,31,32)(H,25,26,27,28). The molecule has 10 N–H and O–H groups in total. The maximum Gasteiger partial charge on any atom is 0.251 e. The molecule has 0 fully saturated rings. The van der Waals surface area contributed by atoms with Crippen LogP contribution in [0.4, 0.5) is 0 Å². The van der Waals surface area contributed by atoms with Gasteiger partial charge in [0.15, 0.2) is 0 Å². The van der Waals surface area contributed by atoms with E-state index in [9.17, 15) is 26.7 Å². The molecule has 36 heavy (non-hydrogen) atoms. The number of benzene rings is 2. The number of aliphatic hydroxyl groups is 1. The number of nitrogens with zero attached hydrogens (tertiary/aromatic N) is 3.